The Hall–Kier alpha value is -1.63. The molecule has 20 heavy (non-hydrogen) atoms. The van der Waals surface area contributed by atoms with Crippen molar-refractivity contribution in [3.8, 4) is 0 Å². The topological polar surface area (TPSA) is 66.4 Å². The molecule has 0 unspecified atom stereocenters. The summed E-state index contributed by atoms with van der Waals surface area (Å²) in [6.07, 6.45) is 2.43. The van der Waals surface area contributed by atoms with Crippen LogP contribution in [0.25, 0.3) is 0 Å². The number of nitrogens with one attached hydrogen (secondary N) is 1. The molecule has 3 heterocycles. The van der Waals surface area contributed by atoms with Crippen LogP contribution >= 0.6 is 0 Å². The van der Waals surface area contributed by atoms with Gasteiger partial charge in [-0.05, 0) is 19.8 Å². The molecule has 0 aromatic carbocycles. The van der Waals surface area contributed by atoms with Gasteiger partial charge in [-0.25, -0.2) is 0 Å². The Morgan fingerprint density at radius 1 is 0.950 bits per heavy atom. The van der Waals surface area contributed by atoms with E-state index < -0.39 is 0 Å². The minimum atomic E-state index is 0.672. The highest BCUT2D eigenvalue weighted by molar-refractivity contribution is 5.45. The van der Waals surface area contributed by atoms with Crippen molar-refractivity contribution in [2.45, 2.75) is 19.8 Å². The highest BCUT2D eigenvalue weighted by Gasteiger charge is 2.20. The Kier molecular flexibility index (Phi) is 4.15. The lowest BCUT2D eigenvalue weighted by Gasteiger charge is -2.27. The fourth-order valence-electron chi connectivity index (χ4n) is 2.55. The maximum Gasteiger partial charge on any atom is 0.232 e. The predicted molar refractivity (Wildman–Crippen MR) is 78.5 cm³/mol. The lowest BCUT2D eigenvalue weighted by molar-refractivity contribution is 0.122. The van der Waals surface area contributed by atoms with Crippen molar-refractivity contribution in [2.24, 2.45) is 0 Å². The Morgan fingerprint density at radius 3 is 2.15 bits per heavy atom. The van der Waals surface area contributed by atoms with Gasteiger partial charge in [-0.1, -0.05) is 0 Å². The van der Waals surface area contributed by atoms with Crippen molar-refractivity contribution in [2.75, 3.05) is 61.1 Å². The predicted octanol–water partition coefficient (Wildman–Crippen LogP) is 0.740. The quantitative estimate of drug-likeness (QED) is 0.871. The van der Waals surface area contributed by atoms with Crippen LogP contribution in [0.2, 0.25) is 0 Å². The fraction of sp³-hybridized carbons (Fsp3) is 0.769. The number of anilines is 3. The molecule has 110 valence electrons. The van der Waals surface area contributed by atoms with Gasteiger partial charge in [0.05, 0.1) is 13.2 Å². The SMILES string of the molecule is CCNc1nc(N2CCCC2)nc(N2CCOCC2)n1. The standard InChI is InChI=1S/C13H22N6O/c1-2-14-11-15-12(18-5-3-4-6-18)17-13(16-11)19-7-9-20-10-8-19/h2-10H2,1H3,(H,14,15,16,17). The van der Waals surface area contributed by atoms with E-state index in [-0.39, 0.29) is 0 Å². The second kappa shape index (κ2) is 6.21. The van der Waals surface area contributed by atoms with E-state index in [1.807, 2.05) is 6.92 Å². The summed E-state index contributed by atoms with van der Waals surface area (Å²) in [4.78, 5) is 18.1. The zero-order chi connectivity index (χ0) is 13.8. The van der Waals surface area contributed by atoms with Crippen LogP contribution < -0.4 is 15.1 Å². The van der Waals surface area contributed by atoms with Gasteiger partial charge in [-0.3, -0.25) is 0 Å². The first-order valence-electron chi connectivity index (χ1n) is 7.44. The van der Waals surface area contributed by atoms with E-state index in [2.05, 4.69) is 30.1 Å². The van der Waals surface area contributed by atoms with Crippen molar-refractivity contribution >= 4 is 17.8 Å². The first-order valence-corrected chi connectivity index (χ1v) is 7.44. The van der Waals surface area contributed by atoms with Crippen LogP contribution in [0.1, 0.15) is 19.8 Å². The molecule has 1 N–H and O–H groups in total. The Balaban J connectivity index is 1.86. The third-order valence-corrected chi connectivity index (χ3v) is 3.63. The number of hydrogen-bond acceptors (Lipinski definition) is 7. The van der Waals surface area contributed by atoms with Crippen LogP contribution in [-0.2, 0) is 4.74 Å². The lowest BCUT2D eigenvalue weighted by atomic mass is 10.4. The van der Waals surface area contributed by atoms with E-state index in [9.17, 15) is 0 Å². The summed E-state index contributed by atoms with van der Waals surface area (Å²) in [6, 6.07) is 0. The maximum absolute atomic E-state index is 5.39. The first kappa shape index (κ1) is 13.4. The van der Waals surface area contributed by atoms with E-state index in [0.717, 1.165) is 57.8 Å². The monoisotopic (exact) mass is 278 g/mol. The van der Waals surface area contributed by atoms with Crippen molar-refractivity contribution in [1.82, 2.24) is 15.0 Å². The molecule has 2 aliphatic rings. The van der Waals surface area contributed by atoms with Gasteiger partial charge in [-0.15, -0.1) is 0 Å². The van der Waals surface area contributed by atoms with Gasteiger partial charge in [0, 0.05) is 32.7 Å². The molecule has 0 spiro atoms. The maximum atomic E-state index is 5.39. The normalized spacial score (nSPS) is 19.4. The highest BCUT2D eigenvalue weighted by atomic mass is 16.5. The van der Waals surface area contributed by atoms with Gasteiger partial charge in [0.15, 0.2) is 0 Å². The summed E-state index contributed by atoms with van der Waals surface area (Å²) in [5.41, 5.74) is 0. The molecular weight excluding hydrogens is 256 g/mol. The molecule has 0 saturated carbocycles. The second-order valence-corrected chi connectivity index (χ2v) is 5.08. The van der Waals surface area contributed by atoms with E-state index in [1.54, 1.807) is 0 Å². The summed E-state index contributed by atoms with van der Waals surface area (Å²) in [5, 5.41) is 3.20. The van der Waals surface area contributed by atoms with Crippen LogP contribution in [0, 0.1) is 0 Å². The summed E-state index contributed by atoms with van der Waals surface area (Å²) in [7, 11) is 0. The minimum Gasteiger partial charge on any atom is -0.378 e. The molecule has 0 amide bonds. The Labute approximate surface area is 119 Å². The van der Waals surface area contributed by atoms with Gasteiger partial charge in [0.1, 0.15) is 0 Å². The molecule has 7 heteroatoms. The zero-order valence-electron chi connectivity index (χ0n) is 12.0. The Morgan fingerprint density at radius 2 is 1.55 bits per heavy atom. The molecule has 1 aromatic rings. The van der Waals surface area contributed by atoms with Gasteiger partial charge in [0.25, 0.3) is 0 Å². The molecule has 0 radical (unpaired) electrons. The lowest BCUT2D eigenvalue weighted by Crippen LogP contribution is -2.38. The average molecular weight is 278 g/mol. The zero-order valence-corrected chi connectivity index (χ0v) is 12.0. The number of morpholine rings is 1. The molecule has 1 aromatic heterocycles. The van der Waals surface area contributed by atoms with E-state index in [0.29, 0.717) is 5.95 Å². The average Bonchev–Trinajstić information content (AvgIpc) is 3.02. The molecule has 7 nitrogen and oxygen atoms in total. The second-order valence-electron chi connectivity index (χ2n) is 5.08. The van der Waals surface area contributed by atoms with Gasteiger partial charge >= 0.3 is 0 Å². The third-order valence-electron chi connectivity index (χ3n) is 3.63. The summed E-state index contributed by atoms with van der Waals surface area (Å²) >= 11 is 0. The molecule has 2 aliphatic heterocycles. The van der Waals surface area contributed by atoms with Crippen molar-refractivity contribution < 1.29 is 4.74 Å². The minimum absolute atomic E-state index is 0.672. The van der Waals surface area contributed by atoms with Crippen molar-refractivity contribution in [1.29, 1.82) is 0 Å². The molecule has 0 atom stereocenters. The molecule has 2 saturated heterocycles. The largest absolute Gasteiger partial charge is 0.378 e. The summed E-state index contributed by atoms with van der Waals surface area (Å²) in [6.45, 7) is 8.10. The highest BCUT2D eigenvalue weighted by Crippen LogP contribution is 2.20. The van der Waals surface area contributed by atoms with E-state index in [1.165, 1.54) is 12.8 Å². The van der Waals surface area contributed by atoms with Crippen LogP contribution in [0.5, 0.6) is 0 Å². The molecule has 0 bridgehead atoms. The van der Waals surface area contributed by atoms with Crippen LogP contribution in [0.4, 0.5) is 17.8 Å². The smallest absolute Gasteiger partial charge is 0.232 e. The number of rotatable bonds is 4. The summed E-state index contributed by atoms with van der Waals surface area (Å²) < 4.78 is 5.39. The van der Waals surface area contributed by atoms with Gasteiger partial charge < -0.3 is 19.9 Å². The van der Waals surface area contributed by atoms with Crippen LogP contribution in [0.3, 0.4) is 0 Å². The van der Waals surface area contributed by atoms with Gasteiger partial charge in [-0.2, -0.15) is 15.0 Å². The van der Waals surface area contributed by atoms with E-state index >= 15 is 0 Å². The first-order chi connectivity index (χ1) is 9.86. The van der Waals surface area contributed by atoms with E-state index in [4.69, 9.17) is 4.74 Å². The van der Waals surface area contributed by atoms with Crippen LogP contribution in [-0.4, -0.2) is 60.9 Å². The van der Waals surface area contributed by atoms with Crippen molar-refractivity contribution in [3.05, 3.63) is 0 Å². The summed E-state index contributed by atoms with van der Waals surface area (Å²) in [5.74, 6) is 2.24. The molecular formula is C13H22N6O. The molecule has 2 fully saturated rings. The fourth-order valence-corrected chi connectivity index (χ4v) is 2.55. The number of ether oxygens (including phenoxy) is 1. The van der Waals surface area contributed by atoms with Crippen molar-refractivity contribution in [3.63, 3.8) is 0 Å². The van der Waals surface area contributed by atoms with Crippen LogP contribution in [0.15, 0.2) is 0 Å². The number of nitrogens with zero attached hydrogens (tertiary/aromatic N) is 5. The van der Waals surface area contributed by atoms with Gasteiger partial charge in [0.2, 0.25) is 17.8 Å². The number of aromatic nitrogens is 3. The third kappa shape index (κ3) is 2.92. The Bertz CT molecular complexity index is 442. The molecule has 3 rings (SSSR count). The number of hydrogen-bond donors (Lipinski definition) is 1. The molecule has 0 aliphatic carbocycles.